The summed E-state index contributed by atoms with van der Waals surface area (Å²) < 4.78 is 33.7. The highest BCUT2D eigenvalue weighted by molar-refractivity contribution is 9.11. The number of sulfonamides is 1. The Morgan fingerprint density at radius 1 is 1.29 bits per heavy atom. The predicted octanol–water partition coefficient (Wildman–Crippen LogP) is 1.40. The molecule has 0 atom stereocenters. The Hall–Kier alpha value is -0.190. The Balaban J connectivity index is 2.01. The van der Waals surface area contributed by atoms with Crippen molar-refractivity contribution in [2.24, 2.45) is 0 Å². The average molecular weight is 443 g/mol. The topological polar surface area (TPSA) is 84.7 Å². The van der Waals surface area contributed by atoms with Crippen LogP contribution >= 0.6 is 31.9 Å². The molecular formula is C12H17Br2N3O3S. The van der Waals surface area contributed by atoms with Gasteiger partial charge in [-0.2, -0.15) is 0 Å². The van der Waals surface area contributed by atoms with Crippen LogP contribution in [0, 0.1) is 0 Å². The second-order valence-corrected chi connectivity index (χ2v) is 8.13. The lowest BCUT2D eigenvalue weighted by atomic mass is 10.3. The molecule has 0 aromatic heterocycles. The van der Waals surface area contributed by atoms with Gasteiger partial charge in [-0.05, 0) is 28.1 Å². The van der Waals surface area contributed by atoms with E-state index in [2.05, 4.69) is 41.5 Å². The molecule has 1 aliphatic rings. The first kappa shape index (κ1) is 17.2. The molecule has 0 amide bonds. The molecule has 1 saturated heterocycles. The first-order valence-electron chi connectivity index (χ1n) is 6.44. The molecule has 1 aromatic carbocycles. The molecule has 118 valence electrons. The zero-order valence-electron chi connectivity index (χ0n) is 11.3. The fourth-order valence-corrected chi connectivity index (χ4v) is 5.19. The minimum Gasteiger partial charge on any atom is -0.398 e. The van der Waals surface area contributed by atoms with Crippen molar-refractivity contribution in [3.05, 3.63) is 21.1 Å². The van der Waals surface area contributed by atoms with Gasteiger partial charge >= 0.3 is 0 Å². The molecule has 0 bridgehead atoms. The fourth-order valence-electron chi connectivity index (χ4n) is 2.10. The van der Waals surface area contributed by atoms with Crippen LogP contribution in [0.5, 0.6) is 0 Å². The molecule has 1 aromatic rings. The predicted molar refractivity (Wildman–Crippen MR) is 88.7 cm³/mol. The van der Waals surface area contributed by atoms with Crippen LogP contribution in [0.3, 0.4) is 0 Å². The van der Waals surface area contributed by atoms with E-state index in [1.54, 1.807) is 12.1 Å². The summed E-state index contributed by atoms with van der Waals surface area (Å²) in [5.41, 5.74) is 6.02. The summed E-state index contributed by atoms with van der Waals surface area (Å²) in [5, 5.41) is 0. The quantitative estimate of drug-likeness (QED) is 0.673. The summed E-state index contributed by atoms with van der Waals surface area (Å²) in [6.45, 7) is 4.02. The van der Waals surface area contributed by atoms with Crippen molar-refractivity contribution in [2.75, 3.05) is 45.1 Å². The lowest BCUT2D eigenvalue weighted by molar-refractivity contribution is 0.0390. The molecule has 3 N–H and O–H groups in total. The van der Waals surface area contributed by atoms with Crippen LogP contribution in [0.4, 0.5) is 5.69 Å². The number of nitrogens with zero attached hydrogens (tertiary/aromatic N) is 1. The number of nitrogen functional groups attached to an aromatic ring is 1. The van der Waals surface area contributed by atoms with E-state index < -0.39 is 10.0 Å². The molecule has 21 heavy (non-hydrogen) atoms. The van der Waals surface area contributed by atoms with E-state index >= 15 is 0 Å². The summed E-state index contributed by atoms with van der Waals surface area (Å²) in [6.07, 6.45) is 0. The Labute approximate surface area is 141 Å². The van der Waals surface area contributed by atoms with E-state index in [0.717, 1.165) is 17.6 Å². The number of hydrogen-bond acceptors (Lipinski definition) is 5. The normalized spacial score (nSPS) is 17.0. The molecule has 6 nitrogen and oxygen atoms in total. The third-order valence-corrected chi connectivity index (χ3v) is 6.05. The van der Waals surface area contributed by atoms with Crippen LogP contribution in [0.15, 0.2) is 26.0 Å². The van der Waals surface area contributed by atoms with E-state index in [1.807, 2.05) is 0 Å². The van der Waals surface area contributed by atoms with Crippen molar-refractivity contribution in [3.8, 4) is 0 Å². The maximum Gasteiger partial charge on any atom is 0.243 e. The molecule has 1 fully saturated rings. The summed E-state index contributed by atoms with van der Waals surface area (Å²) >= 11 is 6.52. The molecule has 0 spiro atoms. The van der Waals surface area contributed by atoms with E-state index in [-0.39, 0.29) is 10.6 Å². The Morgan fingerprint density at radius 3 is 2.57 bits per heavy atom. The van der Waals surface area contributed by atoms with Gasteiger partial charge in [-0.15, -0.1) is 0 Å². The number of rotatable bonds is 5. The van der Waals surface area contributed by atoms with Gasteiger partial charge < -0.3 is 10.5 Å². The highest BCUT2D eigenvalue weighted by Gasteiger charge is 2.21. The van der Waals surface area contributed by atoms with Gasteiger partial charge in [-0.25, -0.2) is 13.1 Å². The van der Waals surface area contributed by atoms with Crippen molar-refractivity contribution >= 4 is 47.6 Å². The van der Waals surface area contributed by atoms with E-state index in [0.29, 0.717) is 30.8 Å². The molecule has 1 aliphatic heterocycles. The zero-order chi connectivity index (χ0) is 15.5. The van der Waals surface area contributed by atoms with E-state index in [9.17, 15) is 8.42 Å². The van der Waals surface area contributed by atoms with Gasteiger partial charge in [0, 0.05) is 35.1 Å². The second kappa shape index (κ2) is 7.38. The molecule has 0 saturated carbocycles. The average Bonchev–Trinajstić information content (AvgIpc) is 2.38. The van der Waals surface area contributed by atoms with Gasteiger partial charge in [0.15, 0.2) is 0 Å². The van der Waals surface area contributed by atoms with Gasteiger partial charge in [-0.3, -0.25) is 4.90 Å². The molecule has 9 heteroatoms. The smallest absolute Gasteiger partial charge is 0.243 e. The number of morpholine rings is 1. The van der Waals surface area contributed by atoms with Gasteiger partial charge in [0.05, 0.1) is 18.9 Å². The summed E-state index contributed by atoms with van der Waals surface area (Å²) in [7, 11) is -3.64. The van der Waals surface area contributed by atoms with Gasteiger partial charge in [0.25, 0.3) is 0 Å². The first-order chi connectivity index (χ1) is 9.90. The van der Waals surface area contributed by atoms with Crippen LogP contribution < -0.4 is 10.5 Å². The lowest BCUT2D eigenvalue weighted by Crippen LogP contribution is -2.41. The van der Waals surface area contributed by atoms with Crippen LogP contribution in [-0.4, -0.2) is 52.7 Å². The Bertz CT molecular complexity index is 581. The third-order valence-electron chi connectivity index (χ3n) is 3.13. The zero-order valence-corrected chi connectivity index (χ0v) is 15.3. The van der Waals surface area contributed by atoms with Crippen molar-refractivity contribution in [2.45, 2.75) is 4.90 Å². The molecule has 0 radical (unpaired) electrons. The SMILES string of the molecule is Nc1cc(Br)cc(Br)c1S(=O)(=O)NCCN1CCOCC1. The number of anilines is 1. The van der Waals surface area contributed by atoms with Gasteiger partial charge in [-0.1, -0.05) is 15.9 Å². The maximum atomic E-state index is 12.3. The van der Waals surface area contributed by atoms with E-state index in [1.165, 1.54) is 0 Å². The van der Waals surface area contributed by atoms with Crippen molar-refractivity contribution in [3.63, 3.8) is 0 Å². The largest absolute Gasteiger partial charge is 0.398 e. The number of nitrogens with two attached hydrogens (primary N) is 1. The molecule has 0 unspecified atom stereocenters. The van der Waals surface area contributed by atoms with Gasteiger partial charge in [0.2, 0.25) is 10.0 Å². The minimum absolute atomic E-state index is 0.0766. The van der Waals surface area contributed by atoms with Crippen LogP contribution in [0.25, 0.3) is 0 Å². The number of ether oxygens (including phenoxy) is 1. The summed E-state index contributed by atoms with van der Waals surface area (Å²) in [6, 6.07) is 3.23. The summed E-state index contributed by atoms with van der Waals surface area (Å²) in [5.74, 6) is 0. The maximum absolute atomic E-state index is 12.3. The Kier molecular flexibility index (Phi) is 6.04. The number of halogens is 2. The number of benzene rings is 1. The standard InChI is InChI=1S/C12H17Br2N3O3S/c13-9-7-10(14)12(11(15)8-9)21(18,19)16-1-2-17-3-5-20-6-4-17/h7-8,16H,1-6,15H2. The molecule has 2 rings (SSSR count). The first-order valence-corrected chi connectivity index (χ1v) is 9.51. The number of hydrogen-bond donors (Lipinski definition) is 2. The second-order valence-electron chi connectivity index (χ2n) is 4.66. The molecule has 0 aliphatic carbocycles. The highest BCUT2D eigenvalue weighted by Crippen LogP contribution is 2.31. The van der Waals surface area contributed by atoms with Crippen molar-refractivity contribution in [1.29, 1.82) is 0 Å². The monoisotopic (exact) mass is 441 g/mol. The Morgan fingerprint density at radius 2 is 1.95 bits per heavy atom. The fraction of sp³-hybridized carbons (Fsp3) is 0.500. The van der Waals surface area contributed by atoms with Gasteiger partial charge in [0.1, 0.15) is 4.90 Å². The minimum atomic E-state index is -3.64. The van der Waals surface area contributed by atoms with Crippen LogP contribution in [-0.2, 0) is 14.8 Å². The summed E-state index contributed by atoms with van der Waals surface area (Å²) in [4.78, 5) is 2.24. The van der Waals surface area contributed by atoms with Crippen LogP contribution in [0.1, 0.15) is 0 Å². The van der Waals surface area contributed by atoms with E-state index in [4.69, 9.17) is 10.5 Å². The highest BCUT2D eigenvalue weighted by atomic mass is 79.9. The molecular weight excluding hydrogens is 426 g/mol. The lowest BCUT2D eigenvalue weighted by Gasteiger charge is -2.26. The van der Waals surface area contributed by atoms with Crippen LogP contribution in [0.2, 0.25) is 0 Å². The third kappa shape index (κ3) is 4.64. The van der Waals surface area contributed by atoms with Crippen molar-refractivity contribution in [1.82, 2.24) is 9.62 Å². The molecule has 1 heterocycles. The van der Waals surface area contributed by atoms with Crippen molar-refractivity contribution < 1.29 is 13.2 Å². The number of nitrogens with one attached hydrogen (secondary N) is 1.